The van der Waals surface area contributed by atoms with Crippen molar-refractivity contribution in [2.75, 3.05) is 5.32 Å². The highest BCUT2D eigenvalue weighted by Gasteiger charge is 2.19. The summed E-state index contributed by atoms with van der Waals surface area (Å²) in [5.41, 5.74) is 2.74. The van der Waals surface area contributed by atoms with Crippen molar-refractivity contribution in [1.29, 1.82) is 5.26 Å². The Balaban J connectivity index is 2.19. The highest BCUT2D eigenvalue weighted by molar-refractivity contribution is 5.84. The van der Waals surface area contributed by atoms with E-state index < -0.39 is 6.04 Å². The number of carbonyl (C=O) groups excluding carboxylic acids is 1. The average Bonchev–Trinajstić information content (AvgIpc) is 2.45. The number of hydrogen-bond donors (Lipinski definition) is 2. The van der Waals surface area contributed by atoms with E-state index in [2.05, 4.69) is 21.7 Å². The Bertz CT molecular complexity index is 574. The largest absolute Gasteiger partial charge is 0.358 e. The van der Waals surface area contributed by atoms with Gasteiger partial charge in [-0.25, -0.2) is 4.98 Å². The molecule has 5 nitrogen and oxygen atoms in total. The molecule has 1 amide bonds. The molecule has 0 radical (unpaired) electrons. The van der Waals surface area contributed by atoms with Crippen LogP contribution in [0.25, 0.3) is 0 Å². The topological polar surface area (TPSA) is 77.8 Å². The summed E-state index contributed by atoms with van der Waals surface area (Å²) in [7, 11) is 0. The number of aryl methyl sites for hydroxylation is 2. The minimum Gasteiger partial charge on any atom is -0.358 e. The van der Waals surface area contributed by atoms with Gasteiger partial charge in [-0.05, 0) is 58.1 Å². The molecule has 0 saturated heterocycles. The van der Waals surface area contributed by atoms with Gasteiger partial charge in [0.15, 0.2) is 0 Å². The quantitative estimate of drug-likeness (QED) is 0.889. The summed E-state index contributed by atoms with van der Waals surface area (Å²) < 4.78 is 0. The number of anilines is 1. The Hall–Kier alpha value is -2.09. The first-order valence-electron chi connectivity index (χ1n) is 7.51. The zero-order chi connectivity index (χ0) is 15.4. The van der Waals surface area contributed by atoms with Gasteiger partial charge in [0.05, 0.1) is 5.56 Å². The molecule has 1 heterocycles. The third-order valence-electron chi connectivity index (χ3n) is 3.60. The summed E-state index contributed by atoms with van der Waals surface area (Å²) >= 11 is 0. The molecular formula is C16H22N4O. The molecule has 0 aromatic carbocycles. The van der Waals surface area contributed by atoms with Crippen LogP contribution in [0.2, 0.25) is 0 Å². The maximum Gasteiger partial charge on any atom is 0.242 e. The fraction of sp³-hybridized carbons (Fsp3) is 0.562. The van der Waals surface area contributed by atoms with E-state index in [0.717, 1.165) is 31.4 Å². The number of aromatic nitrogens is 1. The lowest BCUT2D eigenvalue weighted by molar-refractivity contribution is -0.122. The number of fused-ring (bicyclic) bond motifs is 1. The summed E-state index contributed by atoms with van der Waals surface area (Å²) in [5, 5.41) is 15.2. The van der Waals surface area contributed by atoms with Crippen LogP contribution in [0.3, 0.4) is 0 Å². The molecule has 2 rings (SSSR count). The van der Waals surface area contributed by atoms with Crippen molar-refractivity contribution < 1.29 is 4.79 Å². The van der Waals surface area contributed by atoms with Crippen molar-refractivity contribution in [3.05, 3.63) is 22.9 Å². The summed E-state index contributed by atoms with van der Waals surface area (Å²) in [6.07, 6.45) is 4.22. The first-order chi connectivity index (χ1) is 10.0. The second kappa shape index (κ2) is 6.57. The van der Waals surface area contributed by atoms with E-state index in [1.807, 2.05) is 19.9 Å². The van der Waals surface area contributed by atoms with E-state index in [1.165, 1.54) is 5.56 Å². The number of pyridine rings is 1. The van der Waals surface area contributed by atoms with Gasteiger partial charge in [-0.1, -0.05) is 0 Å². The van der Waals surface area contributed by atoms with Crippen molar-refractivity contribution in [2.45, 2.75) is 58.5 Å². The third-order valence-corrected chi connectivity index (χ3v) is 3.60. The van der Waals surface area contributed by atoms with Crippen LogP contribution in [0.5, 0.6) is 0 Å². The number of nitriles is 1. The smallest absolute Gasteiger partial charge is 0.242 e. The lowest BCUT2D eigenvalue weighted by Crippen LogP contribution is -2.41. The van der Waals surface area contributed by atoms with Crippen LogP contribution >= 0.6 is 0 Å². The molecular weight excluding hydrogens is 264 g/mol. The predicted molar refractivity (Wildman–Crippen MR) is 82.0 cm³/mol. The fourth-order valence-corrected chi connectivity index (χ4v) is 2.51. The van der Waals surface area contributed by atoms with Crippen molar-refractivity contribution in [2.24, 2.45) is 0 Å². The second-order valence-electron chi connectivity index (χ2n) is 5.84. The number of carbonyl (C=O) groups is 1. The zero-order valence-corrected chi connectivity index (χ0v) is 12.9. The Labute approximate surface area is 125 Å². The Morgan fingerprint density at radius 2 is 2.05 bits per heavy atom. The van der Waals surface area contributed by atoms with Crippen LogP contribution in [0.1, 0.15) is 50.4 Å². The molecule has 1 aromatic rings. The Morgan fingerprint density at radius 3 is 2.71 bits per heavy atom. The number of hydrogen-bond acceptors (Lipinski definition) is 4. The van der Waals surface area contributed by atoms with Crippen molar-refractivity contribution >= 4 is 11.7 Å². The van der Waals surface area contributed by atoms with Crippen molar-refractivity contribution in [3.63, 3.8) is 0 Å². The number of nitrogens with one attached hydrogen (secondary N) is 2. The molecule has 1 unspecified atom stereocenters. The SMILES string of the molecule is CC(C)NC(=O)C(C)Nc1nc2c(cc1C#N)CCCC2. The molecule has 1 aliphatic rings. The first kappa shape index (κ1) is 15.3. The molecule has 2 N–H and O–H groups in total. The maximum absolute atomic E-state index is 12.0. The lowest BCUT2D eigenvalue weighted by Gasteiger charge is -2.20. The normalized spacial score (nSPS) is 15.0. The van der Waals surface area contributed by atoms with Gasteiger partial charge in [-0.3, -0.25) is 4.79 Å². The molecule has 112 valence electrons. The van der Waals surface area contributed by atoms with Gasteiger partial charge in [-0.15, -0.1) is 0 Å². The third kappa shape index (κ3) is 3.72. The summed E-state index contributed by atoms with van der Waals surface area (Å²) in [5.74, 6) is 0.429. The van der Waals surface area contributed by atoms with Gasteiger partial charge in [0, 0.05) is 11.7 Å². The highest BCUT2D eigenvalue weighted by Crippen LogP contribution is 2.24. The molecule has 0 aliphatic heterocycles. The maximum atomic E-state index is 12.0. The predicted octanol–water partition coefficient (Wildman–Crippen LogP) is 2.16. The van der Waals surface area contributed by atoms with Gasteiger partial charge in [0.2, 0.25) is 5.91 Å². The summed E-state index contributed by atoms with van der Waals surface area (Å²) in [6.45, 7) is 5.62. The van der Waals surface area contributed by atoms with Crippen LogP contribution in [-0.2, 0) is 17.6 Å². The molecule has 21 heavy (non-hydrogen) atoms. The molecule has 0 saturated carbocycles. The lowest BCUT2D eigenvalue weighted by atomic mass is 9.95. The van der Waals surface area contributed by atoms with Gasteiger partial charge < -0.3 is 10.6 Å². The van der Waals surface area contributed by atoms with E-state index in [9.17, 15) is 10.1 Å². The van der Waals surface area contributed by atoms with Crippen LogP contribution in [0.15, 0.2) is 6.07 Å². The van der Waals surface area contributed by atoms with Gasteiger partial charge in [0.25, 0.3) is 0 Å². The Kier molecular flexibility index (Phi) is 4.79. The zero-order valence-electron chi connectivity index (χ0n) is 12.9. The first-order valence-corrected chi connectivity index (χ1v) is 7.51. The minimum absolute atomic E-state index is 0.0894. The number of nitrogens with zero attached hydrogens (tertiary/aromatic N) is 2. The van der Waals surface area contributed by atoms with Crippen LogP contribution in [0, 0.1) is 11.3 Å². The standard InChI is InChI=1S/C16H22N4O/c1-10(2)18-16(21)11(3)19-15-13(9-17)8-12-6-4-5-7-14(12)20-15/h8,10-11H,4-7H2,1-3H3,(H,18,21)(H,19,20). The summed E-state index contributed by atoms with van der Waals surface area (Å²) in [4.78, 5) is 16.5. The minimum atomic E-state index is -0.423. The summed E-state index contributed by atoms with van der Waals surface area (Å²) in [6, 6.07) is 3.76. The molecule has 1 aliphatic carbocycles. The monoisotopic (exact) mass is 286 g/mol. The molecule has 1 atom stereocenters. The van der Waals surface area contributed by atoms with E-state index >= 15 is 0 Å². The second-order valence-corrected chi connectivity index (χ2v) is 5.84. The molecule has 5 heteroatoms. The molecule has 0 spiro atoms. The van der Waals surface area contributed by atoms with E-state index in [-0.39, 0.29) is 11.9 Å². The van der Waals surface area contributed by atoms with Gasteiger partial charge in [-0.2, -0.15) is 5.26 Å². The molecule has 0 fully saturated rings. The molecule has 0 bridgehead atoms. The van der Waals surface area contributed by atoms with Gasteiger partial charge in [0.1, 0.15) is 17.9 Å². The number of amides is 1. The number of rotatable bonds is 4. The van der Waals surface area contributed by atoms with Crippen LogP contribution < -0.4 is 10.6 Å². The van der Waals surface area contributed by atoms with E-state index in [4.69, 9.17) is 0 Å². The fourth-order valence-electron chi connectivity index (χ4n) is 2.51. The van der Waals surface area contributed by atoms with Crippen LogP contribution in [0.4, 0.5) is 5.82 Å². The van der Waals surface area contributed by atoms with Crippen molar-refractivity contribution in [3.8, 4) is 6.07 Å². The average molecular weight is 286 g/mol. The Morgan fingerprint density at radius 1 is 1.33 bits per heavy atom. The molecule has 1 aromatic heterocycles. The van der Waals surface area contributed by atoms with E-state index in [0.29, 0.717) is 11.4 Å². The van der Waals surface area contributed by atoms with Gasteiger partial charge >= 0.3 is 0 Å². The van der Waals surface area contributed by atoms with Crippen LogP contribution in [-0.4, -0.2) is 23.0 Å². The van der Waals surface area contributed by atoms with E-state index in [1.54, 1.807) is 6.92 Å². The highest BCUT2D eigenvalue weighted by atomic mass is 16.2. The van der Waals surface area contributed by atoms with Crippen molar-refractivity contribution in [1.82, 2.24) is 10.3 Å².